The van der Waals surface area contributed by atoms with E-state index < -0.39 is 0 Å². The number of halogens is 1. The van der Waals surface area contributed by atoms with Crippen LogP contribution in [0.1, 0.15) is 18.4 Å². The highest BCUT2D eigenvalue weighted by molar-refractivity contribution is 6.20. The standard InChI is InChI=1S/C10H11ClO/c1-8(12)10(7-11)9-5-3-2-4-6-9/h2-6,10H,7H2,1H3. The number of carbonyl (C=O) groups is 1. The van der Waals surface area contributed by atoms with Gasteiger partial charge in [0.2, 0.25) is 0 Å². The first-order valence-corrected chi connectivity index (χ1v) is 4.40. The summed E-state index contributed by atoms with van der Waals surface area (Å²) < 4.78 is 0. The van der Waals surface area contributed by atoms with Crippen molar-refractivity contribution in [2.75, 3.05) is 5.88 Å². The average Bonchev–Trinajstić information content (AvgIpc) is 2.07. The summed E-state index contributed by atoms with van der Waals surface area (Å²) in [4.78, 5) is 11.1. The van der Waals surface area contributed by atoms with Crippen molar-refractivity contribution in [3.8, 4) is 0 Å². The molecule has 0 spiro atoms. The number of Topliss-reactive ketones (excluding diaryl/α,β-unsaturated/α-hetero) is 1. The quantitative estimate of drug-likeness (QED) is 0.657. The van der Waals surface area contributed by atoms with Crippen LogP contribution in [0.2, 0.25) is 0 Å². The van der Waals surface area contributed by atoms with Gasteiger partial charge in [0.25, 0.3) is 0 Å². The van der Waals surface area contributed by atoms with Gasteiger partial charge in [0, 0.05) is 5.88 Å². The van der Waals surface area contributed by atoms with E-state index in [1.807, 2.05) is 30.3 Å². The van der Waals surface area contributed by atoms with E-state index in [0.29, 0.717) is 5.88 Å². The Labute approximate surface area is 77.4 Å². The van der Waals surface area contributed by atoms with Gasteiger partial charge in [-0.2, -0.15) is 0 Å². The predicted molar refractivity (Wildman–Crippen MR) is 50.6 cm³/mol. The largest absolute Gasteiger partial charge is 0.299 e. The van der Waals surface area contributed by atoms with Gasteiger partial charge in [-0.1, -0.05) is 30.3 Å². The summed E-state index contributed by atoms with van der Waals surface area (Å²) in [6, 6.07) is 9.60. The van der Waals surface area contributed by atoms with Gasteiger partial charge in [-0.05, 0) is 12.5 Å². The highest BCUT2D eigenvalue weighted by atomic mass is 35.5. The van der Waals surface area contributed by atoms with Crippen LogP contribution in [0.15, 0.2) is 30.3 Å². The molecule has 1 rings (SSSR count). The van der Waals surface area contributed by atoms with E-state index in [1.165, 1.54) is 0 Å². The predicted octanol–water partition coefficient (Wildman–Crippen LogP) is 2.60. The van der Waals surface area contributed by atoms with Crippen LogP contribution in [0.25, 0.3) is 0 Å². The fourth-order valence-corrected chi connectivity index (χ4v) is 1.51. The molecule has 0 N–H and O–H groups in total. The molecule has 64 valence electrons. The van der Waals surface area contributed by atoms with Gasteiger partial charge in [0.05, 0.1) is 5.92 Å². The minimum absolute atomic E-state index is 0.121. The lowest BCUT2D eigenvalue weighted by Gasteiger charge is -2.09. The van der Waals surface area contributed by atoms with Crippen molar-refractivity contribution >= 4 is 17.4 Å². The molecule has 0 saturated carbocycles. The zero-order valence-electron chi connectivity index (χ0n) is 6.96. The summed E-state index contributed by atoms with van der Waals surface area (Å²) in [5.41, 5.74) is 1.00. The number of ketones is 1. The van der Waals surface area contributed by atoms with Crippen LogP contribution < -0.4 is 0 Å². The molecule has 0 aromatic heterocycles. The Balaban J connectivity index is 2.88. The molecule has 0 aliphatic carbocycles. The third-order valence-corrected chi connectivity index (χ3v) is 2.16. The zero-order chi connectivity index (χ0) is 8.97. The maximum atomic E-state index is 11.1. The molecule has 0 aliphatic rings. The van der Waals surface area contributed by atoms with E-state index >= 15 is 0 Å². The maximum Gasteiger partial charge on any atom is 0.138 e. The molecule has 1 nitrogen and oxygen atoms in total. The molecule has 0 aliphatic heterocycles. The van der Waals surface area contributed by atoms with Crippen molar-refractivity contribution in [2.24, 2.45) is 0 Å². The van der Waals surface area contributed by atoms with Crippen molar-refractivity contribution in [1.29, 1.82) is 0 Å². The minimum Gasteiger partial charge on any atom is -0.299 e. The smallest absolute Gasteiger partial charge is 0.138 e. The number of hydrogen-bond donors (Lipinski definition) is 0. The molecule has 0 amide bonds. The Morgan fingerprint density at radius 2 is 2.00 bits per heavy atom. The molecule has 12 heavy (non-hydrogen) atoms. The molecule has 1 aromatic carbocycles. The highest BCUT2D eigenvalue weighted by Gasteiger charge is 2.13. The molecule has 0 heterocycles. The molecular formula is C10H11ClO. The first-order chi connectivity index (χ1) is 5.75. The first-order valence-electron chi connectivity index (χ1n) is 3.87. The Bertz CT molecular complexity index is 256. The van der Waals surface area contributed by atoms with Gasteiger partial charge in [-0.3, -0.25) is 4.79 Å². The van der Waals surface area contributed by atoms with Crippen molar-refractivity contribution < 1.29 is 4.79 Å². The average molecular weight is 183 g/mol. The zero-order valence-corrected chi connectivity index (χ0v) is 7.71. The van der Waals surface area contributed by atoms with E-state index in [-0.39, 0.29) is 11.7 Å². The molecule has 1 aromatic rings. The summed E-state index contributed by atoms with van der Waals surface area (Å²) in [5, 5.41) is 0. The topological polar surface area (TPSA) is 17.1 Å². The van der Waals surface area contributed by atoms with Gasteiger partial charge in [-0.15, -0.1) is 11.6 Å². The fraction of sp³-hybridized carbons (Fsp3) is 0.300. The molecule has 1 atom stereocenters. The number of alkyl halides is 1. The highest BCUT2D eigenvalue weighted by Crippen LogP contribution is 2.17. The van der Waals surface area contributed by atoms with Crippen LogP contribution in [-0.2, 0) is 4.79 Å². The number of hydrogen-bond acceptors (Lipinski definition) is 1. The maximum absolute atomic E-state index is 11.1. The summed E-state index contributed by atoms with van der Waals surface area (Å²) in [6.45, 7) is 1.57. The lowest BCUT2D eigenvalue weighted by Crippen LogP contribution is -2.09. The van der Waals surface area contributed by atoms with Crippen LogP contribution in [0, 0.1) is 0 Å². The monoisotopic (exact) mass is 182 g/mol. The number of rotatable bonds is 3. The van der Waals surface area contributed by atoms with Gasteiger partial charge in [0.1, 0.15) is 5.78 Å². The summed E-state index contributed by atoms with van der Waals surface area (Å²) in [7, 11) is 0. The van der Waals surface area contributed by atoms with E-state index in [1.54, 1.807) is 6.92 Å². The number of carbonyl (C=O) groups excluding carboxylic acids is 1. The lowest BCUT2D eigenvalue weighted by molar-refractivity contribution is -0.117. The second-order valence-electron chi connectivity index (χ2n) is 2.73. The molecule has 2 heteroatoms. The van der Waals surface area contributed by atoms with Crippen molar-refractivity contribution in [3.63, 3.8) is 0 Å². The fourth-order valence-electron chi connectivity index (χ4n) is 1.12. The van der Waals surface area contributed by atoms with Crippen LogP contribution in [-0.4, -0.2) is 11.7 Å². The first kappa shape index (κ1) is 9.27. The van der Waals surface area contributed by atoms with E-state index in [2.05, 4.69) is 0 Å². The van der Waals surface area contributed by atoms with Crippen molar-refractivity contribution in [2.45, 2.75) is 12.8 Å². The van der Waals surface area contributed by atoms with Crippen LogP contribution in [0.4, 0.5) is 0 Å². The van der Waals surface area contributed by atoms with Crippen molar-refractivity contribution in [1.82, 2.24) is 0 Å². The van der Waals surface area contributed by atoms with Gasteiger partial charge in [-0.25, -0.2) is 0 Å². The summed E-state index contributed by atoms with van der Waals surface area (Å²) in [6.07, 6.45) is 0. The molecule has 1 unspecified atom stereocenters. The second kappa shape index (κ2) is 4.27. The third-order valence-electron chi connectivity index (χ3n) is 1.85. The molecule has 0 fully saturated rings. The van der Waals surface area contributed by atoms with E-state index in [9.17, 15) is 4.79 Å². The summed E-state index contributed by atoms with van der Waals surface area (Å²) in [5.74, 6) is 0.336. The Hall–Kier alpha value is -0.820. The Kier molecular flexibility index (Phi) is 3.30. The SMILES string of the molecule is CC(=O)C(CCl)c1ccccc1. The van der Waals surface area contributed by atoms with Crippen molar-refractivity contribution in [3.05, 3.63) is 35.9 Å². The summed E-state index contributed by atoms with van der Waals surface area (Å²) >= 11 is 5.68. The van der Waals surface area contributed by atoms with Gasteiger partial charge in [0.15, 0.2) is 0 Å². The molecule has 0 radical (unpaired) electrons. The van der Waals surface area contributed by atoms with E-state index in [0.717, 1.165) is 5.56 Å². The van der Waals surface area contributed by atoms with Gasteiger partial charge >= 0.3 is 0 Å². The minimum atomic E-state index is -0.145. The van der Waals surface area contributed by atoms with Crippen LogP contribution in [0.5, 0.6) is 0 Å². The second-order valence-corrected chi connectivity index (χ2v) is 3.04. The third kappa shape index (κ3) is 2.08. The molecule has 0 bridgehead atoms. The molecular weight excluding hydrogens is 172 g/mol. The lowest BCUT2D eigenvalue weighted by atomic mass is 9.98. The normalized spacial score (nSPS) is 12.5. The number of benzene rings is 1. The van der Waals surface area contributed by atoms with Gasteiger partial charge < -0.3 is 0 Å². The Morgan fingerprint density at radius 3 is 2.42 bits per heavy atom. The Morgan fingerprint density at radius 1 is 1.42 bits per heavy atom. The molecule has 0 saturated heterocycles. The van der Waals surface area contributed by atoms with E-state index in [4.69, 9.17) is 11.6 Å². The van der Waals surface area contributed by atoms with Crippen LogP contribution in [0.3, 0.4) is 0 Å². The van der Waals surface area contributed by atoms with Crippen LogP contribution >= 0.6 is 11.6 Å².